The molecule has 3 aromatic heterocycles. The summed E-state index contributed by atoms with van der Waals surface area (Å²) in [7, 11) is 3.16. The average Bonchev–Trinajstić information content (AvgIpc) is 3.23. The summed E-state index contributed by atoms with van der Waals surface area (Å²) in [4.78, 5) is 24.2. The number of hydrogen-bond donors (Lipinski definition) is 2. The Balaban J connectivity index is 1.78. The molecule has 3 heterocycles. The van der Waals surface area contributed by atoms with Gasteiger partial charge in [-0.2, -0.15) is 0 Å². The fourth-order valence-corrected chi connectivity index (χ4v) is 3.57. The van der Waals surface area contributed by atoms with Crippen molar-refractivity contribution in [3.8, 4) is 11.6 Å². The number of nitrogens with zero attached hydrogens (tertiary/aromatic N) is 2. The second-order valence-corrected chi connectivity index (χ2v) is 6.82. The largest absolute Gasteiger partial charge is 0.495 e. The molecule has 0 aliphatic carbocycles. The van der Waals surface area contributed by atoms with Crippen molar-refractivity contribution < 1.29 is 14.3 Å². The number of fused-ring (bicyclic) bond motifs is 1. The predicted molar refractivity (Wildman–Crippen MR) is 115 cm³/mol. The summed E-state index contributed by atoms with van der Waals surface area (Å²) in [5.74, 6) is 0.666. The zero-order valence-corrected chi connectivity index (χ0v) is 16.7. The molecule has 2 unspecified atom stereocenters. The highest BCUT2D eigenvalue weighted by Crippen LogP contribution is 2.36. The topological polar surface area (TPSA) is 89.1 Å². The second-order valence-electron chi connectivity index (χ2n) is 6.82. The lowest BCUT2D eigenvalue weighted by Crippen LogP contribution is -2.21. The third kappa shape index (κ3) is 3.82. The minimum atomic E-state index is -0.470. The van der Waals surface area contributed by atoms with Gasteiger partial charge < -0.3 is 24.6 Å². The van der Waals surface area contributed by atoms with E-state index in [2.05, 4.69) is 20.3 Å². The first-order chi connectivity index (χ1) is 14.7. The van der Waals surface area contributed by atoms with Gasteiger partial charge in [0.05, 0.1) is 44.3 Å². The Morgan fingerprint density at radius 3 is 2.67 bits per heavy atom. The molecule has 0 bridgehead atoms. The van der Waals surface area contributed by atoms with Gasteiger partial charge in [0.15, 0.2) is 0 Å². The maximum atomic E-state index is 12.4. The van der Waals surface area contributed by atoms with E-state index < -0.39 is 5.92 Å². The lowest BCUT2D eigenvalue weighted by molar-refractivity contribution is -0.109. The van der Waals surface area contributed by atoms with Crippen LogP contribution in [0, 0.1) is 0 Å². The Morgan fingerprint density at radius 1 is 1.07 bits per heavy atom. The molecule has 2 atom stereocenters. The van der Waals surface area contributed by atoms with Gasteiger partial charge >= 0.3 is 0 Å². The van der Waals surface area contributed by atoms with Crippen LogP contribution in [0.25, 0.3) is 10.9 Å². The quantitative estimate of drug-likeness (QED) is 0.431. The number of ether oxygens (including phenoxy) is 2. The van der Waals surface area contributed by atoms with Crippen LogP contribution in [0.4, 0.5) is 5.69 Å². The number of carbonyl (C=O) groups excluding carboxylic acids is 1. The summed E-state index contributed by atoms with van der Waals surface area (Å²) in [6, 6.07) is 13.1. The number of methoxy groups -OCH3 is 2. The molecule has 7 heteroatoms. The van der Waals surface area contributed by atoms with Crippen LogP contribution in [0.1, 0.15) is 23.1 Å². The first-order valence-corrected chi connectivity index (χ1v) is 9.50. The number of aldehydes is 1. The first-order valence-electron chi connectivity index (χ1n) is 9.50. The van der Waals surface area contributed by atoms with Crippen molar-refractivity contribution >= 4 is 22.9 Å². The van der Waals surface area contributed by atoms with Crippen LogP contribution in [-0.2, 0) is 4.79 Å². The molecule has 0 radical (unpaired) electrons. The molecular weight excluding hydrogens is 380 g/mol. The normalized spacial score (nSPS) is 12.9. The molecule has 1 aromatic carbocycles. The number of aromatic amines is 1. The van der Waals surface area contributed by atoms with Gasteiger partial charge in [0.1, 0.15) is 12.0 Å². The molecule has 4 rings (SSSR count). The summed E-state index contributed by atoms with van der Waals surface area (Å²) in [5, 5.41) is 4.45. The Labute approximate surface area is 174 Å². The van der Waals surface area contributed by atoms with Gasteiger partial charge in [-0.05, 0) is 17.2 Å². The third-order valence-corrected chi connectivity index (χ3v) is 5.08. The van der Waals surface area contributed by atoms with Crippen LogP contribution in [0.3, 0.4) is 0 Å². The molecule has 0 fully saturated rings. The van der Waals surface area contributed by atoms with Crippen LogP contribution >= 0.6 is 0 Å². The van der Waals surface area contributed by atoms with E-state index in [1.54, 1.807) is 38.9 Å². The van der Waals surface area contributed by atoms with E-state index in [1.165, 1.54) is 0 Å². The van der Waals surface area contributed by atoms with Crippen molar-refractivity contribution in [2.24, 2.45) is 0 Å². The van der Waals surface area contributed by atoms with E-state index in [-0.39, 0.29) is 6.04 Å². The van der Waals surface area contributed by atoms with E-state index in [0.29, 0.717) is 11.6 Å². The molecular formula is C23H22N4O3. The van der Waals surface area contributed by atoms with E-state index >= 15 is 0 Å². The number of rotatable bonds is 8. The predicted octanol–water partition coefficient (Wildman–Crippen LogP) is 4.11. The van der Waals surface area contributed by atoms with E-state index in [0.717, 1.165) is 34.0 Å². The number of H-pyrrole nitrogens is 1. The van der Waals surface area contributed by atoms with Gasteiger partial charge in [-0.3, -0.25) is 4.98 Å². The molecule has 4 aromatic rings. The van der Waals surface area contributed by atoms with Gasteiger partial charge in [0.25, 0.3) is 0 Å². The fourth-order valence-electron chi connectivity index (χ4n) is 3.57. The summed E-state index contributed by atoms with van der Waals surface area (Å²) in [6.45, 7) is 0. The van der Waals surface area contributed by atoms with Crippen molar-refractivity contribution in [3.05, 3.63) is 78.4 Å². The zero-order valence-electron chi connectivity index (χ0n) is 16.7. The molecule has 0 aliphatic heterocycles. The molecule has 30 heavy (non-hydrogen) atoms. The Kier molecular flexibility index (Phi) is 5.61. The number of aromatic nitrogens is 3. The van der Waals surface area contributed by atoms with Gasteiger partial charge in [0, 0.05) is 35.4 Å². The van der Waals surface area contributed by atoms with Crippen LogP contribution in [-0.4, -0.2) is 35.5 Å². The summed E-state index contributed by atoms with van der Waals surface area (Å²) in [6.07, 6.45) is 7.90. The smallest absolute Gasteiger partial charge is 0.212 e. The van der Waals surface area contributed by atoms with Gasteiger partial charge in [0.2, 0.25) is 5.88 Å². The molecule has 0 saturated carbocycles. The fraction of sp³-hybridized carbons (Fsp3) is 0.174. The second kappa shape index (κ2) is 8.65. The minimum absolute atomic E-state index is 0.381. The lowest BCUT2D eigenvalue weighted by Gasteiger charge is -2.25. The van der Waals surface area contributed by atoms with Crippen molar-refractivity contribution in [2.75, 3.05) is 19.5 Å². The standard InChI is InChI=1S/C23H22N4O3/c1-29-17-9-16(11-24-12-17)27-23(15-7-8-22(30-2)26-10-15)20(14-28)19-13-25-21-6-4-3-5-18(19)21/h3-14,20,23,25,27H,1-2H3. The van der Waals surface area contributed by atoms with Crippen molar-refractivity contribution in [3.63, 3.8) is 0 Å². The molecule has 0 amide bonds. The maximum Gasteiger partial charge on any atom is 0.212 e. The molecule has 0 aliphatic rings. The van der Waals surface area contributed by atoms with Gasteiger partial charge in [-0.25, -0.2) is 4.98 Å². The van der Waals surface area contributed by atoms with Crippen LogP contribution < -0.4 is 14.8 Å². The van der Waals surface area contributed by atoms with Crippen molar-refractivity contribution in [1.82, 2.24) is 15.0 Å². The number of carbonyl (C=O) groups is 1. The van der Waals surface area contributed by atoms with Crippen molar-refractivity contribution in [1.29, 1.82) is 0 Å². The number of hydrogen-bond acceptors (Lipinski definition) is 6. The minimum Gasteiger partial charge on any atom is -0.495 e. The molecule has 0 spiro atoms. The summed E-state index contributed by atoms with van der Waals surface area (Å²) < 4.78 is 10.5. The molecule has 2 N–H and O–H groups in total. The number of anilines is 1. The van der Waals surface area contributed by atoms with Crippen LogP contribution in [0.5, 0.6) is 11.6 Å². The summed E-state index contributed by atoms with van der Waals surface area (Å²) in [5.41, 5.74) is 3.47. The third-order valence-electron chi connectivity index (χ3n) is 5.08. The molecule has 7 nitrogen and oxygen atoms in total. The van der Waals surface area contributed by atoms with E-state index in [1.807, 2.05) is 42.6 Å². The zero-order chi connectivity index (χ0) is 20.9. The van der Waals surface area contributed by atoms with E-state index in [9.17, 15) is 4.79 Å². The summed E-state index contributed by atoms with van der Waals surface area (Å²) >= 11 is 0. The highest BCUT2D eigenvalue weighted by atomic mass is 16.5. The van der Waals surface area contributed by atoms with Gasteiger partial charge in [-0.15, -0.1) is 0 Å². The first kappa shape index (κ1) is 19.4. The Morgan fingerprint density at radius 2 is 1.93 bits per heavy atom. The Hall–Kier alpha value is -3.87. The highest BCUT2D eigenvalue weighted by molar-refractivity contribution is 5.87. The molecule has 0 saturated heterocycles. The number of benzene rings is 1. The Bertz CT molecular complexity index is 1140. The molecule has 152 valence electrons. The lowest BCUT2D eigenvalue weighted by atomic mass is 9.88. The van der Waals surface area contributed by atoms with Crippen LogP contribution in [0.2, 0.25) is 0 Å². The van der Waals surface area contributed by atoms with Crippen molar-refractivity contribution in [2.45, 2.75) is 12.0 Å². The maximum absolute atomic E-state index is 12.4. The number of para-hydroxylation sites is 1. The average molecular weight is 402 g/mol. The number of nitrogens with one attached hydrogen (secondary N) is 2. The number of pyridine rings is 2. The highest BCUT2D eigenvalue weighted by Gasteiger charge is 2.27. The monoisotopic (exact) mass is 402 g/mol. The SMILES string of the molecule is COc1cncc(NC(c2ccc(OC)nc2)C(C=O)c2c[nH]c3ccccc23)c1. The van der Waals surface area contributed by atoms with Gasteiger partial charge in [-0.1, -0.05) is 24.3 Å². The van der Waals surface area contributed by atoms with E-state index in [4.69, 9.17) is 9.47 Å². The van der Waals surface area contributed by atoms with Crippen LogP contribution in [0.15, 0.2) is 67.3 Å².